The molecule has 0 fully saturated rings. The van der Waals surface area contributed by atoms with Gasteiger partial charge in [0, 0.05) is 16.2 Å². The van der Waals surface area contributed by atoms with Gasteiger partial charge >= 0.3 is 0 Å². The third-order valence-electron chi connectivity index (χ3n) is 3.94. The fourth-order valence-corrected chi connectivity index (χ4v) is 3.99. The zero-order valence-electron chi connectivity index (χ0n) is 15.1. The van der Waals surface area contributed by atoms with Crippen molar-refractivity contribution in [3.05, 3.63) is 76.1 Å². The second kappa shape index (κ2) is 8.68. The van der Waals surface area contributed by atoms with Crippen molar-refractivity contribution < 1.29 is 9.66 Å². The molecule has 0 saturated heterocycles. The zero-order chi connectivity index (χ0) is 19.2. The van der Waals surface area contributed by atoms with Gasteiger partial charge < -0.3 is 4.74 Å². The van der Waals surface area contributed by atoms with E-state index in [0.29, 0.717) is 17.5 Å². The molecule has 1 atom stereocenters. The summed E-state index contributed by atoms with van der Waals surface area (Å²) in [5.74, 6) is 1.38. The second-order valence-corrected chi connectivity index (χ2v) is 6.96. The largest absolute Gasteiger partial charge is 0.494 e. The molecule has 0 aliphatic carbocycles. The van der Waals surface area contributed by atoms with Crippen LogP contribution in [-0.2, 0) is 0 Å². The molecule has 0 radical (unpaired) electrons. The van der Waals surface area contributed by atoms with Gasteiger partial charge in [-0.25, -0.2) is 0 Å². The molecular weight excluding hydrogens is 364 g/mol. The minimum absolute atomic E-state index is 0.241. The van der Waals surface area contributed by atoms with Gasteiger partial charge in [0.05, 0.1) is 6.61 Å². The molecule has 7 nitrogen and oxygen atoms in total. The number of ether oxygens (including phenoxy) is 1. The molecule has 1 heterocycles. The Labute approximate surface area is 161 Å². The highest BCUT2D eigenvalue weighted by molar-refractivity contribution is 7.99. The summed E-state index contributed by atoms with van der Waals surface area (Å²) in [7, 11) is 0. The number of rotatable bonds is 8. The first-order valence-electron chi connectivity index (χ1n) is 8.57. The topological polar surface area (TPSA) is 83.1 Å². The van der Waals surface area contributed by atoms with E-state index in [9.17, 15) is 10.1 Å². The molecule has 8 heteroatoms. The Hall–Kier alpha value is -2.87. The van der Waals surface area contributed by atoms with Crippen molar-refractivity contribution in [2.24, 2.45) is 0 Å². The lowest BCUT2D eigenvalue weighted by Crippen LogP contribution is -2.12. The van der Waals surface area contributed by atoms with Crippen molar-refractivity contribution in [2.75, 3.05) is 13.2 Å². The molecule has 0 saturated carbocycles. The number of hydrogen-bond acceptors (Lipinski definition) is 6. The third-order valence-corrected chi connectivity index (χ3v) is 5.10. The molecule has 0 amide bonds. The van der Waals surface area contributed by atoms with Crippen molar-refractivity contribution in [1.82, 2.24) is 14.8 Å². The smallest absolute Gasteiger partial charge is 0.220 e. The normalized spacial score (nSPS) is 11.9. The predicted octanol–water partition coefficient (Wildman–Crippen LogP) is 4.08. The summed E-state index contributed by atoms with van der Waals surface area (Å²) >= 11 is 1.32. The van der Waals surface area contributed by atoms with Crippen LogP contribution in [0.1, 0.15) is 23.6 Å². The number of nitro groups is 1. The van der Waals surface area contributed by atoms with Crippen LogP contribution in [0.5, 0.6) is 5.75 Å². The molecule has 0 spiro atoms. The van der Waals surface area contributed by atoms with E-state index in [1.54, 1.807) is 0 Å². The van der Waals surface area contributed by atoms with E-state index in [4.69, 9.17) is 4.74 Å². The van der Waals surface area contributed by atoms with Crippen molar-refractivity contribution in [3.63, 3.8) is 0 Å². The van der Waals surface area contributed by atoms with Crippen LogP contribution in [0.15, 0.2) is 59.8 Å². The maximum atomic E-state index is 11.3. The van der Waals surface area contributed by atoms with Crippen LogP contribution in [0.3, 0.4) is 0 Å². The molecular formula is C19H20N4O3S. The quantitative estimate of drug-likeness (QED) is 0.330. The van der Waals surface area contributed by atoms with Gasteiger partial charge in [0.15, 0.2) is 5.16 Å². The van der Waals surface area contributed by atoms with E-state index in [1.165, 1.54) is 11.8 Å². The number of para-hydroxylation sites is 2. The van der Waals surface area contributed by atoms with Crippen LogP contribution in [-0.4, -0.2) is 32.8 Å². The Morgan fingerprint density at radius 1 is 1.15 bits per heavy atom. The summed E-state index contributed by atoms with van der Waals surface area (Å²) < 4.78 is 7.58. The summed E-state index contributed by atoms with van der Waals surface area (Å²) in [5.41, 5.74) is 1.70. The number of benzene rings is 2. The molecule has 1 aromatic heterocycles. The lowest BCUT2D eigenvalue weighted by Gasteiger charge is -2.17. The maximum absolute atomic E-state index is 11.3. The van der Waals surface area contributed by atoms with Crippen LogP contribution in [0.2, 0.25) is 0 Å². The van der Waals surface area contributed by atoms with Crippen molar-refractivity contribution in [1.29, 1.82) is 0 Å². The van der Waals surface area contributed by atoms with Gasteiger partial charge in [0.1, 0.15) is 16.8 Å². The van der Waals surface area contributed by atoms with E-state index >= 15 is 0 Å². The monoisotopic (exact) mass is 384 g/mol. The number of hydrogen-bond donors (Lipinski definition) is 0. The van der Waals surface area contributed by atoms with Crippen molar-refractivity contribution in [2.45, 2.75) is 24.3 Å². The van der Waals surface area contributed by atoms with Gasteiger partial charge in [0.25, 0.3) is 0 Å². The van der Waals surface area contributed by atoms with Gasteiger partial charge in [0.2, 0.25) is 6.54 Å². The molecule has 0 unspecified atom stereocenters. The van der Waals surface area contributed by atoms with Gasteiger partial charge in [-0.1, -0.05) is 48.2 Å². The molecule has 3 aromatic rings. The Morgan fingerprint density at radius 3 is 2.56 bits per heavy atom. The molecule has 3 rings (SSSR count). The molecule has 140 valence electrons. The Kier molecular flexibility index (Phi) is 6.08. The first-order valence-corrected chi connectivity index (χ1v) is 9.45. The van der Waals surface area contributed by atoms with Gasteiger partial charge in [-0.15, -0.1) is 10.2 Å². The van der Waals surface area contributed by atoms with Crippen LogP contribution >= 0.6 is 11.8 Å². The molecule has 27 heavy (non-hydrogen) atoms. The minimum atomic E-state index is -0.450. The predicted molar refractivity (Wildman–Crippen MR) is 104 cm³/mol. The Bertz CT molecular complexity index is 914. The Balaban J connectivity index is 1.99. The van der Waals surface area contributed by atoms with E-state index in [-0.39, 0.29) is 11.5 Å². The van der Waals surface area contributed by atoms with Crippen LogP contribution in [0, 0.1) is 17.0 Å². The summed E-state index contributed by atoms with van der Waals surface area (Å²) in [6.45, 7) is 4.00. The molecule has 0 aliphatic rings. The number of thioether (sulfide) groups is 1. The van der Waals surface area contributed by atoms with Crippen LogP contribution in [0.25, 0.3) is 5.69 Å². The lowest BCUT2D eigenvalue weighted by atomic mass is 10.1. The fraction of sp³-hybridized carbons (Fsp3) is 0.263. The summed E-state index contributed by atoms with van der Waals surface area (Å²) in [6.07, 6.45) is 0. The minimum Gasteiger partial charge on any atom is -0.494 e. The average molecular weight is 384 g/mol. The summed E-state index contributed by atoms with van der Waals surface area (Å²) in [4.78, 5) is 11.0. The third kappa shape index (κ3) is 4.46. The highest BCUT2D eigenvalue weighted by Crippen LogP contribution is 2.39. The zero-order valence-corrected chi connectivity index (χ0v) is 15.9. The molecule has 0 bridgehead atoms. The number of aromatic nitrogens is 3. The van der Waals surface area contributed by atoms with Gasteiger partial charge in [-0.2, -0.15) is 0 Å². The average Bonchev–Trinajstić information content (AvgIpc) is 3.02. The van der Waals surface area contributed by atoms with Gasteiger partial charge in [-0.3, -0.25) is 14.7 Å². The molecule has 2 aromatic carbocycles. The van der Waals surface area contributed by atoms with E-state index in [1.807, 2.05) is 73.0 Å². The first kappa shape index (κ1) is 18.9. The van der Waals surface area contributed by atoms with Crippen molar-refractivity contribution >= 4 is 11.8 Å². The summed E-state index contributed by atoms with van der Waals surface area (Å²) in [6, 6.07) is 17.1. The molecule has 0 aliphatic heterocycles. The first-order chi connectivity index (χ1) is 13.1. The number of nitrogens with zero attached hydrogens (tertiary/aromatic N) is 4. The van der Waals surface area contributed by atoms with E-state index in [0.717, 1.165) is 17.1 Å². The van der Waals surface area contributed by atoms with Gasteiger partial charge in [-0.05, 0) is 32.0 Å². The lowest BCUT2D eigenvalue weighted by molar-refractivity contribution is -0.479. The maximum Gasteiger partial charge on any atom is 0.220 e. The SMILES string of the molecule is CCOc1ccccc1[C@@H](C[N+](=O)[O-])Sc1nnc(C)n1-c1ccccc1. The van der Waals surface area contributed by atoms with E-state index in [2.05, 4.69) is 10.2 Å². The standard InChI is InChI=1S/C19H20N4O3S/c1-3-26-17-12-8-7-11-16(17)18(13-22(24)25)27-19-21-20-14(2)23(19)15-9-5-4-6-10-15/h4-12,18H,3,13H2,1-2H3/t18-/m1/s1. The highest BCUT2D eigenvalue weighted by Gasteiger charge is 2.26. The highest BCUT2D eigenvalue weighted by atomic mass is 32.2. The molecule has 0 N–H and O–H groups in total. The fourth-order valence-electron chi connectivity index (χ4n) is 2.79. The second-order valence-electron chi connectivity index (χ2n) is 5.79. The van der Waals surface area contributed by atoms with Crippen molar-refractivity contribution in [3.8, 4) is 11.4 Å². The summed E-state index contributed by atoms with van der Waals surface area (Å²) in [5, 5.41) is 19.9. The van der Waals surface area contributed by atoms with E-state index < -0.39 is 5.25 Å². The van der Waals surface area contributed by atoms with Crippen LogP contribution < -0.4 is 4.74 Å². The van der Waals surface area contributed by atoms with Crippen LogP contribution in [0.4, 0.5) is 0 Å². The number of aryl methyl sites for hydroxylation is 1. The Morgan fingerprint density at radius 2 is 1.85 bits per heavy atom.